The maximum absolute atomic E-state index is 11.1. The van der Waals surface area contributed by atoms with E-state index in [1.807, 2.05) is 0 Å². The standard InChI is InChI=1S/C14H22N4O8/c1-6(20)15-7(14(24)25)2-3-18-4-8(16-17-18)13-12(23)11(22)10(21)9(5-19)26-13/h4,7,9-13,19,21-23H,2-3,5H2,1H3,(H,15,20)(H,24,25)/t7-,9+,10-,11-,12+,13-/m0/s1. The van der Waals surface area contributed by atoms with E-state index in [0.717, 1.165) is 0 Å². The molecule has 1 saturated heterocycles. The highest BCUT2D eigenvalue weighted by Crippen LogP contribution is 2.31. The van der Waals surface area contributed by atoms with Crippen LogP contribution in [-0.2, 0) is 20.9 Å². The van der Waals surface area contributed by atoms with Crippen LogP contribution < -0.4 is 5.32 Å². The number of hydrogen-bond donors (Lipinski definition) is 6. The molecule has 2 rings (SSSR count). The number of carbonyl (C=O) groups excluding carboxylic acids is 1. The summed E-state index contributed by atoms with van der Waals surface area (Å²) in [6.45, 7) is 0.761. The molecule has 0 radical (unpaired) electrons. The van der Waals surface area contributed by atoms with E-state index in [1.54, 1.807) is 0 Å². The second-order valence-corrected chi connectivity index (χ2v) is 6.04. The van der Waals surface area contributed by atoms with Crippen molar-refractivity contribution in [2.75, 3.05) is 6.61 Å². The lowest BCUT2D eigenvalue weighted by Gasteiger charge is -2.39. The molecule has 0 unspecified atom stereocenters. The van der Waals surface area contributed by atoms with Gasteiger partial charge in [0.2, 0.25) is 5.91 Å². The number of nitrogens with one attached hydrogen (secondary N) is 1. The van der Waals surface area contributed by atoms with Crippen molar-refractivity contribution in [1.82, 2.24) is 20.3 Å². The van der Waals surface area contributed by atoms with Crippen molar-refractivity contribution in [2.45, 2.75) is 56.5 Å². The molecule has 0 saturated carbocycles. The molecule has 0 bridgehead atoms. The average molecular weight is 374 g/mol. The molecule has 26 heavy (non-hydrogen) atoms. The molecular formula is C14H22N4O8. The number of rotatable bonds is 7. The second kappa shape index (κ2) is 8.51. The first-order valence-electron chi connectivity index (χ1n) is 7.95. The zero-order chi connectivity index (χ0) is 19.4. The smallest absolute Gasteiger partial charge is 0.326 e. The number of aliphatic hydroxyl groups is 4. The monoisotopic (exact) mass is 374 g/mol. The van der Waals surface area contributed by atoms with Gasteiger partial charge in [-0.1, -0.05) is 5.21 Å². The molecule has 6 N–H and O–H groups in total. The Hall–Kier alpha value is -2.12. The van der Waals surface area contributed by atoms with Crippen LogP contribution >= 0.6 is 0 Å². The van der Waals surface area contributed by atoms with Crippen LogP contribution in [0.5, 0.6) is 0 Å². The SMILES string of the molecule is CC(=O)N[C@@H](CCn1cc([C@@H]2O[C@H](CO)[C@H](O)[C@H](O)[C@H]2O)nn1)C(=O)O. The van der Waals surface area contributed by atoms with Gasteiger partial charge in [0.25, 0.3) is 0 Å². The molecule has 6 atom stereocenters. The highest BCUT2D eigenvalue weighted by molar-refractivity contribution is 5.81. The Balaban J connectivity index is 2.04. The van der Waals surface area contributed by atoms with Gasteiger partial charge in [-0.05, 0) is 6.42 Å². The Labute approximate surface area is 148 Å². The lowest BCUT2D eigenvalue weighted by atomic mass is 9.94. The number of carboxylic acids is 1. The van der Waals surface area contributed by atoms with Crippen molar-refractivity contribution in [3.8, 4) is 0 Å². The summed E-state index contributed by atoms with van der Waals surface area (Å²) < 4.78 is 6.67. The number of hydrogen-bond acceptors (Lipinski definition) is 9. The number of aliphatic carboxylic acids is 1. The molecule has 146 valence electrons. The molecule has 1 aromatic rings. The molecule has 2 heterocycles. The van der Waals surface area contributed by atoms with Gasteiger partial charge in [-0.2, -0.15) is 0 Å². The van der Waals surface area contributed by atoms with Crippen molar-refractivity contribution in [3.05, 3.63) is 11.9 Å². The van der Waals surface area contributed by atoms with Gasteiger partial charge in [-0.3, -0.25) is 9.48 Å². The van der Waals surface area contributed by atoms with Crippen LogP contribution in [0.15, 0.2) is 6.20 Å². The maximum Gasteiger partial charge on any atom is 0.326 e. The van der Waals surface area contributed by atoms with Crippen LogP contribution in [-0.4, -0.2) is 89.5 Å². The van der Waals surface area contributed by atoms with Crippen molar-refractivity contribution in [1.29, 1.82) is 0 Å². The van der Waals surface area contributed by atoms with Crippen LogP contribution in [0.1, 0.15) is 25.1 Å². The lowest BCUT2D eigenvalue weighted by Crippen LogP contribution is -2.55. The van der Waals surface area contributed by atoms with E-state index in [4.69, 9.17) is 9.84 Å². The van der Waals surface area contributed by atoms with E-state index in [2.05, 4.69) is 15.6 Å². The molecule has 12 nitrogen and oxygen atoms in total. The number of nitrogens with zero attached hydrogens (tertiary/aromatic N) is 3. The summed E-state index contributed by atoms with van der Waals surface area (Å²) in [5, 5.41) is 57.8. The predicted molar refractivity (Wildman–Crippen MR) is 82.6 cm³/mol. The highest BCUT2D eigenvalue weighted by atomic mass is 16.5. The third-order valence-corrected chi connectivity index (χ3v) is 4.06. The topological polar surface area (TPSA) is 187 Å². The molecule has 0 aliphatic carbocycles. The number of aliphatic hydroxyl groups excluding tert-OH is 4. The van der Waals surface area contributed by atoms with Gasteiger partial charge in [0.1, 0.15) is 42.3 Å². The molecule has 1 amide bonds. The molecular weight excluding hydrogens is 352 g/mol. The first-order chi connectivity index (χ1) is 12.2. The fraction of sp³-hybridized carbons (Fsp3) is 0.714. The Morgan fingerprint density at radius 1 is 1.31 bits per heavy atom. The quantitative estimate of drug-likeness (QED) is 0.283. The molecule has 1 fully saturated rings. The fourth-order valence-electron chi connectivity index (χ4n) is 2.66. The number of carbonyl (C=O) groups is 2. The molecule has 1 aliphatic rings. The molecule has 1 aliphatic heterocycles. The Morgan fingerprint density at radius 3 is 2.58 bits per heavy atom. The number of carboxylic acid groups (broad SMARTS) is 1. The van der Waals surface area contributed by atoms with E-state index in [0.29, 0.717) is 0 Å². The van der Waals surface area contributed by atoms with Gasteiger partial charge in [-0.25, -0.2) is 4.79 Å². The summed E-state index contributed by atoms with van der Waals surface area (Å²) in [5.41, 5.74) is 0.147. The normalized spacial score (nSPS) is 30.0. The number of ether oxygens (including phenoxy) is 1. The number of aryl methyl sites for hydroxylation is 1. The van der Waals surface area contributed by atoms with Gasteiger partial charge in [0.15, 0.2) is 0 Å². The van der Waals surface area contributed by atoms with E-state index >= 15 is 0 Å². The van der Waals surface area contributed by atoms with Crippen molar-refractivity contribution >= 4 is 11.9 Å². The van der Waals surface area contributed by atoms with E-state index in [-0.39, 0.29) is 18.7 Å². The van der Waals surface area contributed by atoms with Crippen molar-refractivity contribution in [2.24, 2.45) is 0 Å². The van der Waals surface area contributed by atoms with E-state index in [1.165, 1.54) is 17.8 Å². The molecule has 12 heteroatoms. The van der Waals surface area contributed by atoms with Crippen LogP contribution in [0.25, 0.3) is 0 Å². The lowest BCUT2D eigenvalue weighted by molar-refractivity contribution is -0.232. The van der Waals surface area contributed by atoms with Gasteiger partial charge < -0.3 is 35.6 Å². The number of amides is 1. The zero-order valence-corrected chi connectivity index (χ0v) is 14.0. The summed E-state index contributed by atoms with van der Waals surface area (Å²) >= 11 is 0. The third kappa shape index (κ3) is 4.53. The van der Waals surface area contributed by atoms with E-state index in [9.17, 15) is 30.0 Å². The molecule has 0 aromatic carbocycles. The van der Waals surface area contributed by atoms with Gasteiger partial charge in [-0.15, -0.1) is 5.10 Å². The minimum absolute atomic E-state index is 0.0480. The van der Waals surface area contributed by atoms with Crippen molar-refractivity contribution in [3.63, 3.8) is 0 Å². The Kier molecular flexibility index (Phi) is 6.61. The van der Waals surface area contributed by atoms with Crippen LogP contribution in [0.3, 0.4) is 0 Å². The molecule has 1 aromatic heterocycles. The second-order valence-electron chi connectivity index (χ2n) is 6.04. The zero-order valence-electron chi connectivity index (χ0n) is 14.0. The van der Waals surface area contributed by atoms with Crippen LogP contribution in [0.4, 0.5) is 0 Å². The molecule has 0 spiro atoms. The minimum atomic E-state index is -1.53. The summed E-state index contributed by atoms with van der Waals surface area (Å²) in [6, 6.07) is -1.09. The Morgan fingerprint density at radius 2 is 2.00 bits per heavy atom. The highest BCUT2D eigenvalue weighted by Gasteiger charge is 2.45. The Bertz CT molecular complexity index is 636. The maximum atomic E-state index is 11.1. The summed E-state index contributed by atoms with van der Waals surface area (Å²) in [6.07, 6.45) is -5.25. The van der Waals surface area contributed by atoms with Crippen LogP contribution in [0.2, 0.25) is 0 Å². The third-order valence-electron chi connectivity index (χ3n) is 4.06. The van der Waals surface area contributed by atoms with Gasteiger partial charge in [0, 0.05) is 13.5 Å². The van der Waals surface area contributed by atoms with E-state index < -0.39 is 55.0 Å². The minimum Gasteiger partial charge on any atom is -0.480 e. The predicted octanol–water partition coefficient (Wildman–Crippen LogP) is -3.23. The summed E-state index contributed by atoms with van der Waals surface area (Å²) in [7, 11) is 0. The van der Waals surface area contributed by atoms with Gasteiger partial charge >= 0.3 is 5.97 Å². The van der Waals surface area contributed by atoms with Crippen LogP contribution in [0, 0.1) is 0 Å². The summed E-state index contributed by atoms with van der Waals surface area (Å²) in [4.78, 5) is 22.1. The average Bonchev–Trinajstić information content (AvgIpc) is 3.05. The first-order valence-corrected chi connectivity index (χ1v) is 7.95. The first kappa shape index (κ1) is 20.2. The fourth-order valence-corrected chi connectivity index (χ4v) is 2.66. The largest absolute Gasteiger partial charge is 0.480 e. The van der Waals surface area contributed by atoms with Gasteiger partial charge in [0.05, 0.1) is 12.8 Å². The summed E-state index contributed by atoms with van der Waals surface area (Å²) in [5.74, 6) is -1.66. The van der Waals surface area contributed by atoms with Crippen molar-refractivity contribution < 1.29 is 39.9 Å². The number of aromatic nitrogens is 3.